The van der Waals surface area contributed by atoms with Crippen molar-refractivity contribution in [1.82, 2.24) is 30.5 Å². The van der Waals surface area contributed by atoms with Crippen LogP contribution in [0.2, 0.25) is 0 Å². The molecule has 210 valence electrons. The van der Waals surface area contributed by atoms with Crippen molar-refractivity contribution in [2.24, 2.45) is 0 Å². The van der Waals surface area contributed by atoms with Crippen molar-refractivity contribution in [2.75, 3.05) is 6.54 Å². The summed E-state index contributed by atoms with van der Waals surface area (Å²) in [5, 5.41) is 21.8. The molecule has 2 aromatic carbocycles. The van der Waals surface area contributed by atoms with Gasteiger partial charge < -0.3 is 15.2 Å². The molecule has 0 saturated carbocycles. The van der Waals surface area contributed by atoms with Crippen LogP contribution in [-0.2, 0) is 22.5 Å². The summed E-state index contributed by atoms with van der Waals surface area (Å²) >= 11 is 0. The number of aliphatic hydroxyl groups is 1. The van der Waals surface area contributed by atoms with Gasteiger partial charge in [-0.3, -0.25) is 14.8 Å². The van der Waals surface area contributed by atoms with Gasteiger partial charge in [0, 0.05) is 18.8 Å². The molecule has 0 bridgehead atoms. The summed E-state index contributed by atoms with van der Waals surface area (Å²) in [4.78, 5) is 24.3. The van der Waals surface area contributed by atoms with Crippen LogP contribution in [0.1, 0.15) is 31.9 Å². The van der Waals surface area contributed by atoms with E-state index in [0.29, 0.717) is 11.1 Å². The Labute approximate surface area is 223 Å². The molecule has 1 heterocycles. The quantitative estimate of drug-likeness (QED) is 0.333. The number of hydrogen-bond donors (Lipinski definition) is 3. The van der Waals surface area contributed by atoms with E-state index < -0.39 is 35.9 Å². The standard InChI is InChI=1S/C26H31F3N6O4/c1-25(2,3)39-24(38)33-35(14-19-9-11-20(12-10-19)34-16-30-31-17-34)15-22(36)21(32-23(37)26(27,28)29)13-18-7-5-4-6-8-18/h4-12,16-17,21-22,36H,13-15H2,1-3H3,(H,32,37)(H,33,38). The number of carbonyl (C=O) groups excluding carboxylic acids is 2. The summed E-state index contributed by atoms with van der Waals surface area (Å²) < 4.78 is 46.1. The van der Waals surface area contributed by atoms with Gasteiger partial charge in [0.2, 0.25) is 0 Å². The molecule has 0 aliphatic rings. The van der Waals surface area contributed by atoms with Crippen molar-refractivity contribution in [2.45, 2.75) is 57.7 Å². The molecule has 2 amide bonds. The smallest absolute Gasteiger partial charge is 0.443 e. The van der Waals surface area contributed by atoms with E-state index in [2.05, 4.69) is 15.6 Å². The SMILES string of the molecule is CC(C)(C)OC(=O)NN(Cc1ccc(-n2cnnc2)cc1)CC(O)C(Cc1ccccc1)NC(=O)C(F)(F)F. The minimum atomic E-state index is -5.13. The second-order valence-electron chi connectivity index (χ2n) is 9.86. The number of hydrazine groups is 1. The highest BCUT2D eigenvalue weighted by Crippen LogP contribution is 2.17. The highest BCUT2D eigenvalue weighted by molar-refractivity contribution is 5.82. The van der Waals surface area contributed by atoms with Crippen LogP contribution in [0.5, 0.6) is 0 Å². The minimum Gasteiger partial charge on any atom is -0.443 e. The second kappa shape index (κ2) is 12.7. The Morgan fingerprint density at radius 2 is 1.62 bits per heavy atom. The van der Waals surface area contributed by atoms with Crippen LogP contribution in [0.15, 0.2) is 67.3 Å². The normalized spacial score (nSPS) is 13.5. The minimum absolute atomic E-state index is 0.0717. The lowest BCUT2D eigenvalue weighted by atomic mass is 10.0. The number of rotatable bonds is 10. The summed E-state index contributed by atoms with van der Waals surface area (Å²) in [6.45, 7) is 4.79. The van der Waals surface area contributed by atoms with Gasteiger partial charge in [0.25, 0.3) is 0 Å². The van der Waals surface area contributed by atoms with Gasteiger partial charge in [-0.2, -0.15) is 13.2 Å². The number of aromatic nitrogens is 3. The van der Waals surface area contributed by atoms with Crippen LogP contribution in [0, 0.1) is 0 Å². The number of amides is 2. The maximum atomic E-state index is 13.0. The van der Waals surface area contributed by atoms with Crippen molar-refractivity contribution in [1.29, 1.82) is 0 Å². The molecule has 0 fully saturated rings. The fourth-order valence-electron chi connectivity index (χ4n) is 3.66. The Balaban J connectivity index is 1.80. The van der Waals surface area contributed by atoms with Crippen molar-refractivity contribution >= 4 is 12.0 Å². The zero-order chi connectivity index (χ0) is 28.6. The molecule has 3 N–H and O–H groups in total. The first-order valence-corrected chi connectivity index (χ1v) is 12.1. The predicted molar refractivity (Wildman–Crippen MR) is 135 cm³/mol. The molecule has 3 rings (SSSR count). The molecule has 3 aromatic rings. The summed E-state index contributed by atoms with van der Waals surface area (Å²) in [7, 11) is 0. The lowest BCUT2D eigenvalue weighted by molar-refractivity contribution is -0.175. The van der Waals surface area contributed by atoms with E-state index in [-0.39, 0.29) is 19.5 Å². The van der Waals surface area contributed by atoms with E-state index in [1.807, 2.05) is 5.32 Å². The molecular formula is C26H31F3N6O4. The fourth-order valence-corrected chi connectivity index (χ4v) is 3.66. The Kier molecular flexibility index (Phi) is 9.65. The lowest BCUT2D eigenvalue weighted by Crippen LogP contribution is -2.55. The third-order valence-electron chi connectivity index (χ3n) is 5.42. The number of alkyl halides is 3. The van der Waals surface area contributed by atoms with Gasteiger partial charge in [-0.15, -0.1) is 10.2 Å². The number of ether oxygens (including phenoxy) is 1. The Bertz CT molecular complexity index is 1200. The van der Waals surface area contributed by atoms with E-state index in [0.717, 1.165) is 5.69 Å². The number of halogens is 3. The molecule has 2 atom stereocenters. The topological polar surface area (TPSA) is 122 Å². The van der Waals surface area contributed by atoms with E-state index >= 15 is 0 Å². The first-order valence-electron chi connectivity index (χ1n) is 12.1. The molecule has 13 heteroatoms. The number of nitrogens with one attached hydrogen (secondary N) is 2. The molecule has 39 heavy (non-hydrogen) atoms. The Morgan fingerprint density at radius 1 is 1.00 bits per heavy atom. The zero-order valence-electron chi connectivity index (χ0n) is 21.7. The summed E-state index contributed by atoms with van der Waals surface area (Å²) in [6.07, 6.45) is -4.45. The molecule has 2 unspecified atom stereocenters. The molecule has 1 aromatic heterocycles. The lowest BCUT2D eigenvalue weighted by Gasteiger charge is -2.31. The van der Waals surface area contributed by atoms with E-state index in [9.17, 15) is 27.9 Å². The van der Waals surface area contributed by atoms with Crippen LogP contribution in [0.4, 0.5) is 18.0 Å². The second-order valence-corrected chi connectivity index (χ2v) is 9.86. The monoisotopic (exact) mass is 548 g/mol. The molecule has 0 saturated heterocycles. The van der Waals surface area contributed by atoms with E-state index in [4.69, 9.17) is 4.74 Å². The third kappa shape index (κ3) is 9.69. The summed E-state index contributed by atoms with van der Waals surface area (Å²) in [5.41, 5.74) is 3.85. The van der Waals surface area contributed by atoms with E-state index in [1.165, 1.54) is 17.7 Å². The molecule has 10 nitrogen and oxygen atoms in total. The number of nitrogens with zero attached hydrogens (tertiary/aromatic N) is 4. The van der Waals surface area contributed by atoms with Gasteiger partial charge in [-0.05, 0) is 50.5 Å². The maximum absolute atomic E-state index is 13.0. The van der Waals surface area contributed by atoms with Gasteiger partial charge in [0.05, 0.1) is 12.1 Å². The molecule has 0 aliphatic carbocycles. The molecule has 0 spiro atoms. The highest BCUT2D eigenvalue weighted by Gasteiger charge is 2.41. The average molecular weight is 549 g/mol. The zero-order valence-corrected chi connectivity index (χ0v) is 21.7. The summed E-state index contributed by atoms with van der Waals surface area (Å²) in [6, 6.07) is 14.3. The third-order valence-corrected chi connectivity index (χ3v) is 5.42. The van der Waals surface area contributed by atoms with Crippen molar-refractivity contribution in [3.63, 3.8) is 0 Å². The fraction of sp³-hybridized carbons (Fsp3) is 0.385. The molecule has 0 aliphatic heterocycles. The van der Waals surface area contributed by atoms with Gasteiger partial charge in [0.1, 0.15) is 18.3 Å². The molecular weight excluding hydrogens is 517 g/mol. The van der Waals surface area contributed by atoms with Crippen molar-refractivity contribution < 1.29 is 32.6 Å². The van der Waals surface area contributed by atoms with Gasteiger partial charge in [-0.25, -0.2) is 9.80 Å². The van der Waals surface area contributed by atoms with Crippen LogP contribution < -0.4 is 10.7 Å². The highest BCUT2D eigenvalue weighted by atomic mass is 19.4. The van der Waals surface area contributed by atoms with Crippen LogP contribution in [0.25, 0.3) is 5.69 Å². The van der Waals surface area contributed by atoms with Gasteiger partial charge in [0.15, 0.2) is 0 Å². The predicted octanol–water partition coefficient (Wildman–Crippen LogP) is 3.16. The maximum Gasteiger partial charge on any atom is 0.471 e. The number of hydrogen-bond acceptors (Lipinski definition) is 7. The van der Waals surface area contributed by atoms with Gasteiger partial charge in [-0.1, -0.05) is 42.5 Å². The number of aliphatic hydroxyl groups excluding tert-OH is 1. The van der Waals surface area contributed by atoms with E-state index in [1.54, 1.807) is 79.9 Å². The Hall–Kier alpha value is -3.97. The first-order chi connectivity index (χ1) is 18.3. The van der Waals surface area contributed by atoms with Gasteiger partial charge >= 0.3 is 18.2 Å². The first kappa shape index (κ1) is 29.6. The average Bonchev–Trinajstić information content (AvgIpc) is 3.38. The summed E-state index contributed by atoms with van der Waals surface area (Å²) in [5.74, 6) is -2.17. The van der Waals surface area contributed by atoms with Crippen LogP contribution in [-0.4, -0.2) is 67.3 Å². The largest absolute Gasteiger partial charge is 0.471 e. The van der Waals surface area contributed by atoms with Crippen molar-refractivity contribution in [3.05, 3.63) is 78.4 Å². The van der Waals surface area contributed by atoms with Crippen LogP contribution >= 0.6 is 0 Å². The molecule has 0 radical (unpaired) electrons. The van der Waals surface area contributed by atoms with Crippen LogP contribution in [0.3, 0.4) is 0 Å². The number of benzene rings is 2. The number of carbonyl (C=O) groups is 2. The van der Waals surface area contributed by atoms with Crippen molar-refractivity contribution in [3.8, 4) is 5.69 Å². The Morgan fingerprint density at radius 3 is 2.18 bits per heavy atom.